The number of nitrogens with two attached hydrogens (primary N) is 1. The molecule has 78 valence electrons. The van der Waals surface area contributed by atoms with Gasteiger partial charge in [-0.3, -0.25) is 4.79 Å². The number of methoxy groups -OCH3 is 1. The zero-order valence-electron chi connectivity index (χ0n) is 8.03. The lowest BCUT2D eigenvalue weighted by atomic mass is 10.3. The first kappa shape index (κ1) is 12.7. The van der Waals surface area contributed by atoms with E-state index in [1.165, 1.54) is 18.9 Å². The smallest absolute Gasteiger partial charge is 0.319 e. The van der Waals surface area contributed by atoms with E-state index >= 15 is 0 Å². The molecule has 3 N–H and O–H groups in total. The molecule has 0 aliphatic rings. The molecule has 2 unspecified atom stereocenters. The molecular formula is C8H17NO3S. The van der Waals surface area contributed by atoms with Gasteiger partial charge in [0, 0.05) is 13.2 Å². The van der Waals surface area contributed by atoms with Gasteiger partial charge in [-0.05, 0) is 19.1 Å². The van der Waals surface area contributed by atoms with Gasteiger partial charge in [0.05, 0.1) is 6.61 Å². The van der Waals surface area contributed by atoms with Crippen LogP contribution in [0.3, 0.4) is 0 Å². The largest absolute Gasteiger partial charge is 0.480 e. The Kier molecular flexibility index (Phi) is 7.03. The number of hydrogen-bond acceptors (Lipinski definition) is 4. The minimum absolute atomic E-state index is 0.129. The van der Waals surface area contributed by atoms with E-state index in [1.807, 2.05) is 6.92 Å². The number of ether oxygens (including phenoxy) is 1. The summed E-state index contributed by atoms with van der Waals surface area (Å²) in [6.45, 7) is 2.16. The summed E-state index contributed by atoms with van der Waals surface area (Å²) >= 11 is 1.38. The molecule has 0 radical (unpaired) electrons. The van der Waals surface area contributed by atoms with E-state index in [0.29, 0.717) is 0 Å². The molecule has 0 aliphatic carbocycles. The van der Waals surface area contributed by atoms with Gasteiger partial charge in [-0.1, -0.05) is 0 Å². The molecule has 0 aliphatic heterocycles. The summed E-state index contributed by atoms with van der Waals surface area (Å²) in [5.41, 5.74) is 5.54. The Morgan fingerprint density at radius 3 is 2.69 bits per heavy atom. The van der Waals surface area contributed by atoms with Crippen molar-refractivity contribution in [2.24, 2.45) is 5.73 Å². The van der Waals surface area contributed by atoms with E-state index in [4.69, 9.17) is 15.6 Å². The van der Waals surface area contributed by atoms with Crippen LogP contribution >= 0.6 is 11.8 Å². The van der Waals surface area contributed by atoms with Crippen molar-refractivity contribution in [2.45, 2.75) is 24.6 Å². The average molecular weight is 207 g/mol. The molecule has 0 aromatic rings. The van der Waals surface area contributed by atoms with Gasteiger partial charge in [0.15, 0.2) is 0 Å². The van der Waals surface area contributed by atoms with Crippen LogP contribution < -0.4 is 5.73 Å². The second kappa shape index (κ2) is 7.17. The van der Waals surface area contributed by atoms with E-state index in [2.05, 4.69) is 0 Å². The van der Waals surface area contributed by atoms with Crippen LogP contribution in [-0.2, 0) is 9.53 Å². The Bertz CT molecular complexity index is 152. The van der Waals surface area contributed by atoms with Crippen molar-refractivity contribution < 1.29 is 14.6 Å². The Hall–Kier alpha value is -0.260. The summed E-state index contributed by atoms with van der Waals surface area (Å²) in [6.07, 6.45) is 0.832. The maximum absolute atomic E-state index is 10.6. The van der Waals surface area contributed by atoms with Crippen LogP contribution in [0.15, 0.2) is 0 Å². The molecule has 0 saturated heterocycles. The highest BCUT2D eigenvalue weighted by Gasteiger charge is 2.17. The molecule has 5 heteroatoms. The fourth-order valence-electron chi connectivity index (χ4n) is 0.738. The molecule has 0 aromatic carbocycles. The van der Waals surface area contributed by atoms with E-state index in [0.717, 1.165) is 12.2 Å². The van der Waals surface area contributed by atoms with E-state index in [9.17, 15) is 4.79 Å². The zero-order chi connectivity index (χ0) is 10.3. The van der Waals surface area contributed by atoms with Gasteiger partial charge >= 0.3 is 5.97 Å². The van der Waals surface area contributed by atoms with Crippen LogP contribution in [-0.4, -0.2) is 41.8 Å². The van der Waals surface area contributed by atoms with Gasteiger partial charge in [-0.25, -0.2) is 0 Å². The van der Waals surface area contributed by atoms with Crippen LogP contribution in [0.5, 0.6) is 0 Å². The average Bonchev–Trinajstić information content (AvgIpc) is 2.02. The van der Waals surface area contributed by atoms with Crippen molar-refractivity contribution in [1.29, 1.82) is 0 Å². The predicted molar refractivity (Wildman–Crippen MR) is 54.0 cm³/mol. The van der Waals surface area contributed by atoms with E-state index in [1.54, 1.807) is 0 Å². The van der Waals surface area contributed by atoms with Crippen LogP contribution in [0.25, 0.3) is 0 Å². The topological polar surface area (TPSA) is 72.5 Å². The lowest BCUT2D eigenvalue weighted by molar-refractivity contribution is -0.137. The van der Waals surface area contributed by atoms with Crippen LogP contribution in [0.2, 0.25) is 0 Å². The SMILES string of the molecule is COCC(SCCC(C)N)C(=O)O. The van der Waals surface area contributed by atoms with Crippen molar-refractivity contribution >= 4 is 17.7 Å². The normalized spacial score (nSPS) is 15.3. The molecule has 0 fully saturated rings. The van der Waals surface area contributed by atoms with Gasteiger partial charge in [0.2, 0.25) is 0 Å². The summed E-state index contributed by atoms with van der Waals surface area (Å²) in [5.74, 6) is -0.0608. The Balaban J connectivity index is 3.63. The Labute approximate surface area is 82.8 Å². The van der Waals surface area contributed by atoms with E-state index in [-0.39, 0.29) is 12.6 Å². The van der Waals surface area contributed by atoms with Gasteiger partial charge in [-0.15, -0.1) is 11.8 Å². The standard InChI is InChI=1S/C8H17NO3S/c1-6(9)3-4-13-7(5-12-2)8(10)11/h6-7H,3-5,9H2,1-2H3,(H,10,11). The highest BCUT2D eigenvalue weighted by Crippen LogP contribution is 2.13. The molecular weight excluding hydrogens is 190 g/mol. The third-order valence-corrected chi connectivity index (χ3v) is 2.70. The first-order valence-electron chi connectivity index (χ1n) is 4.16. The molecule has 0 spiro atoms. The van der Waals surface area contributed by atoms with Crippen molar-refractivity contribution in [3.05, 3.63) is 0 Å². The summed E-state index contributed by atoms with van der Waals surface area (Å²) < 4.78 is 4.79. The lowest BCUT2D eigenvalue weighted by Gasteiger charge is -2.11. The van der Waals surface area contributed by atoms with Gasteiger partial charge in [-0.2, -0.15) is 0 Å². The number of carboxylic acids is 1. The molecule has 13 heavy (non-hydrogen) atoms. The molecule has 0 bridgehead atoms. The molecule has 0 rings (SSSR count). The Morgan fingerprint density at radius 1 is 1.69 bits per heavy atom. The maximum Gasteiger partial charge on any atom is 0.319 e. The fourth-order valence-corrected chi connectivity index (χ4v) is 1.91. The number of carbonyl (C=O) groups is 1. The van der Waals surface area contributed by atoms with Gasteiger partial charge in [0.25, 0.3) is 0 Å². The van der Waals surface area contributed by atoms with Crippen molar-refractivity contribution in [1.82, 2.24) is 0 Å². The highest BCUT2D eigenvalue weighted by molar-refractivity contribution is 8.00. The Morgan fingerprint density at radius 2 is 2.31 bits per heavy atom. The molecule has 4 nitrogen and oxygen atoms in total. The number of aliphatic carboxylic acids is 1. The monoisotopic (exact) mass is 207 g/mol. The quantitative estimate of drug-likeness (QED) is 0.638. The van der Waals surface area contributed by atoms with E-state index < -0.39 is 11.2 Å². The maximum atomic E-state index is 10.6. The molecule has 2 atom stereocenters. The number of thioether (sulfide) groups is 1. The number of carboxylic acid groups (broad SMARTS) is 1. The molecule has 0 aromatic heterocycles. The summed E-state index contributed by atoms with van der Waals surface area (Å²) in [4.78, 5) is 10.6. The highest BCUT2D eigenvalue weighted by atomic mass is 32.2. The summed E-state index contributed by atoms with van der Waals surface area (Å²) in [6, 6.07) is 0.129. The van der Waals surface area contributed by atoms with Crippen molar-refractivity contribution in [3.63, 3.8) is 0 Å². The first-order valence-corrected chi connectivity index (χ1v) is 5.21. The van der Waals surface area contributed by atoms with Gasteiger partial charge < -0.3 is 15.6 Å². The fraction of sp³-hybridized carbons (Fsp3) is 0.875. The first-order chi connectivity index (χ1) is 6.07. The second-order valence-corrected chi connectivity index (χ2v) is 4.23. The van der Waals surface area contributed by atoms with Crippen LogP contribution in [0.1, 0.15) is 13.3 Å². The minimum Gasteiger partial charge on any atom is -0.480 e. The minimum atomic E-state index is -0.823. The van der Waals surface area contributed by atoms with Crippen LogP contribution in [0, 0.1) is 0 Å². The third-order valence-electron chi connectivity index (χ3n) is 1.49. The number of rotatable bonds is 7. The molecule has 0 heterocycles. The second-order valence-electron chi connectivity index (χ2n) is 2.92. The third kappa shape index (κ3) is 6.86. The zero-order valence-corrected chi connectivity index (χ0v) is 8.84. The molecule has 0 amide bonds. The van der Waals surface area contributed by atoms with Crippen molar-refractivity contribution in [3.8, 4) is 0 Å². The molecule has 0 saturated carbocycles. The van der Waals surface area contributed by atoms with Gasteiger partial charge in [0.1, 0.15) is 5.25 Å². The predicted octanol–water partition coefficient (Wildman–Crippen LogP) is 0.557. The van der Waals surface area contributed by atoms with Crippen molar-refractivity contribution in [2.75, 3.05) is 19.5 Å². The van der Waals surface area contributed by atoms with Crippen LogP contribution in [0.4, 0.5) is 0 Å². The summed E-state index contributed by atoms with van der Waals surface area (Å²) in [7, 11) is 1.50. The summed E-state index contributed by atoms with van der Waals surface area (Å²) in [5, 5.41) is 8.27. The number of hydrogen-bond donors (Lipinski definition) is 2. The lowest BCUT2D eigenvalue weighted by Crippen LogP contribution is -2.23.